The Kier molecular flexibility index (Phi) is 2.69. The van der Waals surface area contributed by atoms with Crippen LogP contribution < -0.4 is 11.1 Å². The molecule has 0 radical (unpaired) electrons. The highest BCUT2D eigenvalue weighted by Gasteiger charge is 2.14. The number of aromatic nitrogens is 2. The lowest BCUT2D eigenvalue weighted by atomic mass is 10.3. The first-order valence-electron chi connectivity index (χ1n) is 4.37. The average molecular weight is 236 g/mol. The van der Waals surface area contributed by atoms with Crippen LogP contribution in [0.1, 0.15) is 20.8 Å². The largest absolute Gasteiger partial charge is 0.366 e. The van der Waals surface area contributed by atoms with Crippen molar-refractivity contribution in [1.82, 2.24) is 10.2 Å². The number of nitrogens with zero attached hydrogens (tertiary/aromatic N) is 1. The molecule has 2 rings (SSSR count). The van der Waals surface area contributed by atoms with E-state index in [1.54, 1.807) is 17.6 Å². The highest BCUT2D eigenvalue weighted by atomic mass is 32.1. The molecule has 2 aromatic rings. The smallest absolute Gasteiger partial charge is 0.276 e. The molecule has 7 heteroatoms. The van der Waals surface area contributed by atoms with E-state index >= 15 is 0 Å². The number of thiophene rings is 1. The fraction of sp³-hybridized carbons (Fsp3) is 0. The van der Waals surface area contributed by atoms with Gasteiger partial charge in [-0.1, -0.05) is 0 Å². The van der Waals surface area contributed by atoms with Gasteiger partial charge in [0.1, 0.15) is 10.7 Å². The molecule has 0 bridgehead atoms. The van der Waals surface area contributed by atoms with Crippen molar-refractivity contribution in [2.45, 2.75) is 0 Å². The third-order valence-electron chi connectivity index (χ3n) is 1.89. The van der Waals surface area contributed by atoms with Crippen LogP contribution in [0.2, 0.25) is 0 Å². The van der Waals surface area contributed by atoms with Crippen molar-refractivity contribution >= 4 is 28.2 Å². The Labute approximate surface area is 94.5 Å². The Bertz CT molecular complexity index is 517. The molecule has 16 heavy (non-hydrogen) atoms. The molecule has 0 aliphatic heterocycles. The molecule has 0 saturated carbocycles. The first kappa shape index (κ1) is 10.4. The average Bonchev–Trinajstić information content (AvgIpc) is 2.86. The number of aromatic amines is 1. The van der Waals surface area contributed by atoms with Gasteiger partial charge in [-0.05, 0) is 17.5 Å². The van der Waals surface area contributed by atoms with Crippen LogP contribution in [0.4, 0.5) is 5.00 Å². The van der Waals surface area contributed by atoms with Crippen LogP contribution >= 0.6 is 11.3 Å². The normalized spacial score (nSPS) is 10.0. The lowest BCUT2D eigenvalue weighted by Gasteiger charge is -2.01. The van der Waals surface area contributed by atoms with Crippen LogP contribution in [-0.2, 0) is 0 Å². The molecule has 0 aliphatic rings. The van der Waals surface area contributed by atoms with Crippen LogP contribution in [0.25, 0.3) is 0 Å². The maximum Gasteiger partial charge on any atom is 0.276 e. The monoisotopic (exact) mass is 236 g/mol. The van der Waals surface area contributed by atoms with E-state index in [1.807, 2.05) is 0 Å². The summed E-state index contributed by atoms with van der Waals surface area (Å²) in [4.78, 5) is 22.6. The number of primary amides is 1. The second kappa shape index (κ2) is 4.15. The quantitative estimate of drug-likeness (QED) is 0.735. The zero-order chi connectivity index (χ0) is 11.5. The maximum absolute atomic E-state index is 11.6. The summed E-state index contributed by atoms with van der Waals surface area (Å²) in [7, 11) is 0. The summed E-state index contributed by atoms with van der Waals surface area (Å²) in [6, 6.07) is 3.10. The minimum atomic E-state index is -0.571. The highest BCUT2D eigenvalue weighted by molar-refractivity contribution is 7.14. The van der Waals surface area contributed by atoms with E-state index in [0.717, 1.165) is 0 Å². The van der Waals surface area contributed by atoms with Gasteiger partial charge in [0.2, 0.25) is 0 Å². The second-order valence-electron chi connectivity index (χ2n) is 2.94. The van der Waals surface area contributed by atoms with Gasteiger partial charge in [0, 0.05) is 6.20 Å². The van der Waals surface area contributed by atoms with Gasteiger partial charge in [-0.25, -0.2) is 0 Å². The zero-order valence-corrected chi connectivity index (χ0v) is 8.88. The SMILES string of the molecule is NC(=O)c1ccsc1NC(=O)c1cc[nH]n1. The van der Waals surface area contributed by atoms with Crippen molar-refractivity contribution in [1.29, 1.82) is 0 Å². The predicted octanol–water partition coefficient (Wildman–Crippen LogP) is 0.822. The summed E-state index contributed by atoms with van der Waals surface area (Å²) in [5, 5.41) is 10.9. The van der Waals surface area contributed by atoms with Gasteiger partial charge in [-0.2, -0.15) is 5.10 Å². The van der Waals surface area contributed by atoms with Crippen LogP contribution in [0.15, 0.2) is 23.7 Å². The van der Waals surface area contributed by atoms with E-state index < -0.39 is 5.91 Å². The summed E-state index contributed by atoms with van der Waals surface area (Å²) in [5.41, 5.74) is 5.70. The third kappa shape index (κ3) is 1.94. The molecule has 2 heterocycles. The highest BCUT2D eigenvalue weighted by Crippen LogP contribution is 2.22. The fourth-order valence-electron chi connectivity index (χ4n) is 1.15. The van der Waals surface area contributed by atoms with Gasteiger partial charge in [0.25, 0.3) is 11.8 Å². The van der Waals surface area contributed by atoms with Crippen molar-refractivity contribution in [2.24, 2.45) is 5.73 Å². The zero-order valence-electron chi connectivity index (χ0n) is 8.06. The molecule has 2 amide bonds. The first-order chi connectivity index (χ1) is 7.68. The van der Waals surface area contributed by atoms with Gasteiger partial charge in [-0.15, -0.1) is 11.3 Å². The molecule has 0 aliphatic carbocycles. The Morgan fingerprint density at radius 1 is 1.44 bits per heavy atom. The van der Waals surface area contributed by atoms with E-state index in [2.05, 4.69) is 15.5 Å². The van der Waals surface area contributed by atoms with E-state index in [1.165, 1.54) is 17.4 Å². The molecule has 0 atom stereocenters. The molecule has 6 nitrogen and oxygen atoms in total. The van der Waals surface area contributed by atoms with Gasteiger partial charge >= 0.3 is 0 Å². The Morgan fingerprint density at radius 2 is 2.25 bits per heavy atom. The number of nitrogens with two attached hydrogens (primary N) is 1. The van der Waals surface area contributed by atoms with Gasteiger partial charge in [-0.3, -0.25) is 14.7 Å². The minimum Gasteiger partial charge on any atom is -0.366 e. The van der Waals surface area contributed by atoms with Crippen molar-refractivity contribution in [3.8, 4) is 0 Å². The molecule has 0 unspecified atom stereocenters. The third-order valence-corrected chi connectivity index (χ3v) is 2.72. The molecular formula is C9H8N4O2S. The molecule has 0 aromatic carbocycles. The van der Waals surface area contributed by atoms with E-state index in [0.29, 0.717) is 10.6 Å². The van der Waals surface area contributed by atoms with E-state index in [9.17, 15) is 9.59 Å². The molecular weight excluding hydrogens is 228 g/mol. The maximum atomic E-state index is 11.6. The molecule has 4 N–H and O–H groups in total. The number of amides is 2. The van der Waals surface area contributed by atoms with Crippen LogP contribution in [0.3, 0.4) is 0 Å². The summed E-state index contributed by atoms with van der Waals surface area (Å²) in [6.07, 6.45) is 1.54. The number of rotatable bonds is 3. The second-order valence-corrected chi connectivity index (χ2v) is 3.86. The lowest BCUT2D eigenvalue weighted by molar-refractivity contribution is 0.100. The molecule has 0 spiro atoms. The van der Waals surface area contributed by atoms with Crippen molar-refractivity contribution in [3.63, 3.8) is 0 Å². The summed E-state index contributed by atoms with van der Waals surface area (Å²) in [6.45, 7) is 0. The summed E-state index contributed by atoms with van der Waals surface area (Å²) >= 11 is 1.23. The van der Waals surface area contributed by atoms with Crippen LogP contribution in [-0.4, -0.2) is 22.0 Å². The van der Waals surface area contributed by atoms with Crippen molar-refractivity contribution < 1.29 is 9.59 Å². The summed E-state index contributed by atoms with van der Waals surface area (Å²) < 4.78 is 0. The number of hydrogen-bond donors (Lipinski definition) is 3. The number of carbonyl (C=O) groups excluding carboxylic acids is 2. The van der Waals surface area contributed by atoms with Crippen molar-refractivity contribution in [3.05, 3.63) is 35.0 Å². The van der Waals surface area contributed by atoms with Gasteiger partial charge in [0.15, 0.2) is 0 Å². The number of H-pyrrole nitrogens is 1. The van der Waals surface area contributed by atoms with Crippen LogP contribution in [0.5, 0.6) is 0 Å². The predicted molar refractivity (Wildman–Crippen MR) is 59.4 cm³/mol. The van der Waals surface area contributed by atoms with E-state index in [-0.39, 0.29) is 11.6 Å². The number of hydrogen-bond acceptors (Lipinski definition) is 4. The number of nitrogens with one attached hydrogen (secondary N) is 2. The number of anilines is 1. The summed E-state index contributed by atoms with van der Waals surface area (Å²) in [5.74, 6) is -0.954. The molecule has 2 aromatic heterocycles. The van der Waals surface area contributed by atoms with E-state index in [4.69, 9.17) is 5.73 Å². The fourth-order valence-corrected chi connectivity index (χ4v) is 1.94. The minimum absolute atomic E-state index is 0.254. The Hall–Kier alpha value is -2.15. The number of carbonyl (C=O) groups is 2. The molecule has 0 saturated heterocycles. The van der Waals surface area contributed by atoms with Crippen molar-refractivity contribution in [2.75, 3.05) is 5.32 Å². The topological polar surface area (TPSA) is 101 Å². The Balaban J connectivity index is 2.18. The van der Waals surface area contributed by atoms with Gasteiger partial charge in [0.05, 0.1) is 5.56 Å². The van der Waals surface area contributed by atoms with Crippen LogP contribution in [0, 0.1) is 0 Å². The standard InChI is InChI=1S/C9H8N4O2S/c10-7(14)5-2-4-16-9(5)12-8(15)6-1-3-11-13-6/h1-4H,(H2,10,14)(H,11,13)(H,12,15). The Morgan fingerprint density at radius 3 is 2.88 bits per heavy atom. The first-order valence-corrected chi connectivity index (χ1v) is 5.25. The molecule has 82 valence electrons. The van der Waals surface area contributed by atoms with Gasteiger partial charge < -0.3 is 11.1 Å². The molecule has 0 fully saturated rings. The lowest BCUT2D eigenvalue weighted by Crippen LogP contribution is -2.16.